The molecule has 17 heavy (non-hydrogen) atoms. The normalized spacial score (nSPS) is 12.5. The maximum atomic E-state index is 11.7. The number of carbonyl (C=O) groups excluding carboxylic acids is 1. The van der Waals surface area contributed by atoms with E-state index < -0.39 is 6.04 Å². The van der Waals surface area contributed by atoms with Gasteiger partial charge in [0.05, 0.1) is 11.7 Å². The second-order valence-corrected chi connectivity index (χ2v) is 4.39. The first-order valence-electron chi connectivity index (χ1n) is 5.99. The number of hydrogen-bond donors (Lipinski definition) is 2. The van der Waals surface area contributed by atoms with Gasteiger partial charge in [0.15, 0.2) is 0 Å². The van der Waals surface area contributed by atoms with Crippen molar-refractivity contribution in [3.63, 3.8) is 0 Å². The molecule has 5 heteroatoms. The summed E-state index contributed by atoms with van der Waals surface area (Å²) in [7, 11) is 1.90. The van der Waals surface area contributed by atoms with Crippen molar-refractivity contribution >= 4 is 5.91 Å². The fourth-order valence-electron chi connectivity index (χ4n) is 1.82. The first kappa shape index (κ1) is 13.7. The molecule has 0 aliphatic heterocycles. The highest BCUT2D eigenvalue weighted by molar-refractivity contribution is 5.81. The number of aryl methyl sites for hydroxylation is 2. The van der Waals surface area contributed by atoms with Crippen LogP contribution >= 0.6 is 0 Å². The van der Waals surface area contributed by atoms with Gasteiger partial charge >= 0.3 is 0 Å². The molecule has 96 valence electrons. The number of nitrogens with two attached hydrogens (primary N) is 1. The van der Waals surface area contributed by atoms with E-state index in [1.807, 2.05) is 32.5 Å². The third kappa shape index (κ3) is 3.30. The smallest absolute Gasteiger partial charge is 0.237 e. The number of carbonyl (C=O) groups is 1. The summed E-state index contributed by atoms with van der Waals surface area (Å²) < 4.78 is 1.82. The van der Waals surface area contributed by atoms with Crippen molar-refractivity contribution in [3.8, 4) is 0 Å². The van der Waals surface area contributed by atoms with Gasteiger partial charge in [-0.25, -0.2) is 0 Å². The Morgan fingerprint density at radius 3 is 2.65 bits per heavy atom. The molecule has 0 fully saturated rings. The largest absolute Gasteiger partial charge is 0.351 e. The molecule has 0 saturated carbocycles. The SMILES string of the molecule is CCCC(N)C(=O)NCc1c(C)nn(C)c1C. The lowest BCUT2D eigenvalue weighted by molar-refractivity contribution is -0.122. The van der Waals surface area contributed by atoms with E-state index in [-0.39, 0.29) is 5.91 Å². The van der Waals surface area contributed by atoms with Gasteiger partial charge in [0.25, 0.3) is 0 Å². The van der Waals surface area contributed by atoms with Crippen LogP contribution < -0.4 is 11.1 Å². The third-order valence-electron chi connectivity index (χ3n) is 3.03. The van der Waals surface area contributed by atoms with Crippen LogP contribution in [0.25, 0.3) is 0 Å². The minimum Gasteiger partial charge on any atom is -0.351 e. The molecule has 0 radical (unpaired) electrons. The van der Waals surface area contributed by atoms with Crippen LogP contribution in [0.4, 0.5) is 0 Å². The van der Waals surface area contributed by atoms with Gasteiger partial charge in [-0.15, -0.1) is 0 Å². The van der Waals surface area contributed by atoms with Gasteiger partial charge < -0.3 is 11.1 Å². The quantitative estimate of drug-likeness (QED) is 0.796. The van der Waals surface area contributed by atoms with Crippen molar-refractivity contribution in [1.82, 2.24) is 15.1 Å². The highest BCUT2D eigenvalue weighted by Crippen LogP contribution is 2.11. The molecule has 0 aliphatic rings. The van der Waals surface area contributed by atoms with Crippen molar-refractivity contribution in [1.29, 1.82) is 0 Å². The number of rotatable bonds is 5. The molecule has 0 spiro atoms. The molecule has 1 rings (SSSR count). The summed E-state index contributed by atoms with van der Waals surface area (Å²) in [6.07, 6.45) is 1.64. The zero-order chi connectivity index (χ0) is 13.0. The van der Waals surface area contributed by atoms with Crippen LogP contribution in [0, 0.1) is 13.8 Å². The van der Waals surface area contributed by atoms with Gasteiger partial charge in [0.2, 0.25) is 5.91 Å². The molecular formula is C12H22N4O. The average Bonchev–Trinajstić information content (AvgIpc) is 2.51. The first-order chi connectivity index (χ1) is 7.97. The van der Waals surface area contributed by atoms with Crippen molar-refractivity contribution in [3.05, 3.63) is 17.0 Å². The fraction of sp³-hybridized carbons (Fsp3) is 0.667. The molecule has 0 saturated heterocycles. The standard InChI is InChI=1S/C12H22N4O/c1-5-6-11(13)12(17)14-7-10-8(2)15-16(4)9(10)3/h11H,5-7,13H2,1-4H3,(H,14,17). The molecule has 5 nitrogen and oxygen atoms in total. The Balaban J connectivity index is 2.58. The van der Waals surface area contributed by atoms with E-state index in [4.69, 9.17) is 5.73 Å². The molecule has 1 amide bonds. The second kappa shape index (κ2) is 5.82. The van der Waals surface area contributed by atoms with Crippen LogP contribution in [0.2, 0.25) is 0 Å². The summed E-state index contributed by atoms with van der Waals surface area (Å²) in [5.74, 6) is -0.0884. The van der Waals surface area contributed by atoms with Gasteiger partial charge in [-0.2, -0.15) is 5.10 Å². The zero-order valence-corrected chi connectivity index (χ0v) is 11.1. The van der Waals surface area contributed by atoms with Crippen LogP contribution in [0.3, 0.4) is 0 Å². The molecule has 1 aromatic heterocycles. The van der Waals surface area contributed by atoms with Crippen LogP contribution in [0.1, 0.15) is 36.7 Å². The molecule has 0 aliphatic carbocycles. The third-order valence-corrected chi connectivity index (χ3v) is 3.03. The highest BCUT2D eigenvalue weighted by atomic mass is 16.2. The molecule has 3 N–H and O–H groups in total. The molecule has 0 aromatic carbocycles. The monoisotopic (exact) mass is 238 g/mol. The Hall–Kier alpha value is -1.36. The lowest BCUT2D eigenvalue weighted by atomic mass is 10.1. The Kier molecular flexibility index (Phi) is 4.69. The topological polar surface area (TPSA) is 72.9 Å². The number of aromatic nitrogens is 2. The summed E-state index contributed by atoms with van der Waals surface area (Å²) in [5.41, 5.74) is 8.84. The van der Waals surface area contributed by atoms with Crippen molar-refractivity contribution < 1.29 is 4.79 Å². The Bertz CT molecular complexity index is 397. The molecule has 1 heterocycles. The molecule has 0 bridgehead atoms. The number of hydrogen-bond acceptors (Lipinski definition) is 3. The maximum absolute atomic E-state index is 11.7. The van der Waals surface area contributed by atoms with Crippen LogP contribution in [0.5, 0.6) is 0 Å². The zero-order valence-electron chi connectivity index (χ0n) is 11.1. The Morgan fingerprint density at radius 2 is 2.18 bits per heavy atom. The Morgan fingerprint density at radius 1 is 1.53 bits per heavy atom. The van der Waals surface area contributed by atoms with E-state index in [1.54, 1.807) is 0 Å². The van der Waals surface area contributed by atoms with Crippen molar-refractivity contribution in [2.24, 2.45) is 12.8 Å². The minimum absolute atomic E-state index is 0.0884. The van der Waals surface area contributed by atoms with Crippen molar-refractivity contribution in [2.75, 3.05) is 0 Å². The predicted octanol–water partition coefficient (Wildman–Crippen LogP) is 0.781. The van der Waals surface area contributed by atoms with E-state index in [1.165, 1.54) is 0 Å². The summed E-state index contributed by atoms with van der Waals surface area (Å²) in [6, 6.07) is -0.405. The summed E-state index contributed by atoms with van der Waals surface area (Å²) in [5, 5.41) is 7.17. The highest BCUT2D eigenvalue weighted by Gasteiger charge is 2.14. The van der Waals surface area contributed by atoms with Gasteiger partial charge in [-0.3, -0.25) is 9.48 Å². The van der Waals surface area contributed by atoms with Gasteiger partial charge in [0, 0.05) is 24.8 Å². The van der Waals surface area contributed by atoms with E-state index in [9.17, 15) is 4.79 Å². The van der Waals surface area contributed by atoms with Crippen molar-refractivity contribution in [2.45, 2.75) is 46.2 Å². The van der Waals surface area contributed by atoms with Gasteiger partial charge in [0.1, 0.15) is 0 Å². The molecule has 1 aromatic rings. The summed E-state index contributed by atoms with van der Waals surface area (Å²) >= 11 is 0. The fourth-order valence-corrected chi connectivity index (χ4v) is 1.82. The molecule has 1 atom stereocenters. The first-order valence-corrected chi connectivity index (χ1v) is 5.99. The van der Waals surface area contributed by atoms with Crippen LogP contribution in [-0.2, 0) is 18.4 Å². The lowest BCUT2D eigenvalue weighted by Gasteiger charge is -2.11. The predicted molar refractivity (Wildman–Crippen MR) is 67.4 cm³/mol. The van der Waals surface area contributed by atoms with E-state index in [2.05, 4.69) is 10.4 Å². The second-order valence-electron chi connectivity index (χ2n) is 4.39. The van der Waals surface area contributed by atoms with E-state index in [0.29, 0.717) is 6.54 Å². The maximum Gasteiger partial charge on any atom is 0.237 e. The average molecular weight is 238 g/mol. The van der Waals surface area contributed by atoms with Crippen LogP contribution in [0.15, 0.2) is 0 Å². The summed E-state index contributed by atoms with van der Waals surface area (Å²) in [4.78, 5) is 11.7. The summed E-state index contributed by atoms with van der Waals surface area (Å²) in [6.45, 7) is 6.46. The Labute approximate surface area is 102 Å². The lowest BCUT2D eigenvalue weighted by Crippen LogP contribution is -2.40. The van der Waals surface area contributed by atoms with Crippen LogP contribution in [-0.4, -0.2) is 21.7 Å². The molecular weight excluding hydrogens is 216 g/mol. The van der Waals surface area contributed by atoms with E-state index in [0.717, 1.165) is 29.8 Å². The number of nitrogens with one attached hydrogen (secondary N) is 1. The van der Waals surface area contributed by atoms with Gasteiger partial charge in [-0.1, -0.05) is 13.3 Å². The number of nitrogens with zero attached hydrogens (tertiary/aromatic N) is 2. The molecule has 1 unspecified atom stereocenters. The number of amides is 1. The van der Waals surface area contributed by atoms with E-state index >= 15 is 0 Å². The minimum atomic E-state index is -0.405. The van der Waals surface area contributed by atoms with Gasteiger partial charge in [-0.05, 0) is 20.3 Å².